The zero-order chi connectivity index (χ0) is 27.1. The highest BCUT2D eigenvalue weighted by Crippen LogP contribution is 2.31. The summed E-state index contributed by atoms with van der Waals surface area (Å²) in [6.45, 7) is 0.0209. The SMILES string of the molecule is C[C@@H](O)C(CO)OC(Sc1cncc(Br)c1)[C@H](Cn1cc(-c2cc(F)c(F)c(F)c2)nn1)OCC(=O)O. The molecule has 3 N–H and O–H groups in total. The van der Waals surface area contributed by atoms with E-state index in [2.05, 4.69) is 31.2 Å². The molecule has 0 saturated carbocycles. The summed E-state index contributed by atoms with van der Waals surface area (Å²) in [6, 6.07) is 3.26. The number of hydrogen-bond acceptors (Lipinski definition) is 9. The van der Waals surface area contributed by atoms with Crippen LogP contribution in [0, 0.1) is 17.5 Å². The molecule has 3 rings (SSSR count). The molecule has 10 nitrogen and oxygen atoms in total. The molecule has 200 valence electrons. The topological polar surface area (TPSA) is 140 Å². The molecular weight excluding hydrogens is 585 g/mol. The van der Waals surface area contributed by atoms with Crippen LogP contribution in [0.3, 0.4) is 0 Å². The van der Waals surface area contributed by atoms with Crippen LogP contribution in [-0.4, -0.2) is 78.2 Å². The Bertz CT molecular complexity index is 1200. The van der Waals surface area contributed by atoms with Crippen LogP contribution in [0.4, 0.5) is 13.2 Å². The van der Waals surface area contributed by atoms with Gasteiger partial charge in [0.1, 0.15) is 29.9 Å². The number of rotatable bonds is 13. The van der Waals surface area contributed by atoms with Crippen LogP contribution in [0.2, 0.25) is 0 Å². The standard InChI is InChI=1S/C22H22BrF3N4O6S/c1-11(32)19(9-31)36-22(37-14-4-13(23)5-27-6-14)18(35-10-20(33)34)8-30-7-17(28-29-30)12-2-15(24)21(26)16(25)3-12/h2-7,11,18-19,22,31-32H,8-10H2,1H3,(H,33,34)/t11-,18+,19?,22?/m1/s1. The summed E-state index contributed by atoms with van der Waals surface area (Å²) >= 11 is 4.41. The van der Waals surface area contributed by atoms with Crippen LogP contribution in [0.25, 0.3) is 11.3 Å². The van der Waals surface area contributed by atoms with E-state index in [-0.39, 0.29) is 17.8 Å². The number of aliphatic hydroxyl groups excluding tert-OH is 2. The van der Waals surface area contributed by atoms with Crippen LogP contribution < -0.4 is 0 Å². The Morgan fingerprint density at radius 3 is 2.49 bits per heavy atom. The van der Waals surface area contributed by atoms with Crippen molar-refractivity contribution in [1.82, 2.24) is 20.0 Å². The predicted octanol–water partition coefficient (Wildman–Crippen LogP) is 2.87. The maximum Gasteiger partial charge on any atom is 0.329 e. The first kappa shape index (κ1) is 29.0. The van der Waals surface area contributed by atoms with Crippen molar-refractivity contribution in [3.63, 3.8) is 0 Å². The number of carbonyl (C=O) groups is 1. The average molecular weight is 607 g/mol. The minimum Gasteiger partial charge on any atom is -0.480 e. The van der Waals surface area contributed by atoms with Gasteiger partial charge in [-0.1, -0.05) is 17.0 Å². The van der Waals surface area contributed by atoms with Gasteiger partial charge in [0.05, 0.1) is 25.5 Å². The van der Waals surface area contributed by atoms with Gasteiger partial charge in [0.25, 0.3) is 0 Å². The van der Waals surface area contributed by atoms with Crippen molar-refractivity contribution < 1.29 is 42.8 Å². The summed E-state index contributed by atoms with van der Waals surface area (Å²) in [7, 11) is 0. The van der Waals surface area contributed by atoms with E-state index in [1.807, 2.05) is 0 Å². The molecule has 0 amide bonds. The van der Waals surface area contributed by atoms with Crippen molar-refractivity contribution in [2.24, 2.45) is 0 Å². The predicted molar refractivity (Wildman–Crippen MR) is 128 cm³/mol. The molecule has 1 aromatic carbocycles. The number of hydrogen-bond donors (Lipinski definition) is 3. The smallest absolute Gasteiger partial charge is 0.329 e. The first-order chi connectivity index (χ1) is 17.6. The summed E-state index contributed by atoms with van der Waals surface area (Å²) < 4.78 is 54.0. The third-order valence-electron chi connectivity index (χ3n) is 4.87. The zero-order valence-corrected chi connectivity index (χ0v) is 21.6. The summed E-state index contributed by atoms with van der Waals surface area (Å²) in [5.74, 6) is -5.67. The van der Waals surface area contributed by atoms with E-state index in [4.69, 9.17) is 9.47 Å². The number of thioether (sulfide) groups is 1. The fourth-order valence-corrected chi connectivity index (χ4v) is 4.68. The summed E-state index contributed by atoms with van der Waals surface area (Å²) in [5, 5.41) is 36.6. The van der Waals surface area contributed by atoms with E-state index < -0.39 is 60.4 Å². The molecule has 2 heterocycles. The quantitative estimate of drug-likeness (QED) is 0.151. The molecule has 0 fully saturated rings. The molecule has 0 bridgehead atoms. The number of pyridine rings is 1. The van der Waals surface area contributed by atoms with Gasteiger partial charge < -0.3 is 24.8 Å². The molecule has 15 heteroatoms. The van der Waals surface area contributed by atoms with E-state index in [1.54, 1.807) is 12.3 Å². The van der Waals surface area contributed by atoms with Gasteiger partial charge in [-0.2, -0.15) is 0 Å². The van der Waals surface area contributed by atoms with E-state index in [9.17, 15) is 33.3 Å². The number of aliphatic hydroxyl groups is 2. The third-order valence-corrected chi connectivity index (χ3v) is 6.44. The Kier molecular flexibility index (Phi) is 10.4. The lowest BCUT2D eigenvalue weighted by Gasteiger charge is -2.30. The number of benzene rings is 1. The average Bonchev–Trinajstić information content (AvgIpc) is 3.31. The van der Waals surface area contributed by atoms with Gasteiger partial charge in [0, 0.05) is 27.3 Å². The number of halogens is 4. The maximum atomic E-state index is 13.7. The van der Waals surface area contributed by atoms with Crippen molar-refractivity contribution >= 4 is 33.7 Å². The van der Waals surface area contributed by atoms with Crippen molar-refractivity contribution in [2.45, 2.75) is 42.1 Å². The minimum absolute atomic E-state index is 0.0216. The molecule has 0 aliphatic heterocycles. The Labute approximate surface area is 221 Å². The van der Waals surface area contributed by atoms with Crippen molar-refractivity contribution in [3.05, 3.63) is 58.7 Å². The highest BCUT2D eigenvalue weighted by atomic mass is 79.9. The number of aliphatic carboxylic acids is 1. The third kappa shape index (κ3) is 8.21. The van der Waals surface area contributed by atoms with Crippen molar-refractivity contribution in [2.75, 3.05) is 13.2 Å². The molecular formula is C22H22BrF3N4O6S. The van der Waals surface area contributed by atoms with E-state index in [1.165, 1.54) is 24.0 Å². The lowest BCUT2D eigenvalue weighted by molar-refractivity contribution is -0.151. The van der Waals surface area contributed by atoms with E-state index in [0.717, 1.165) is 23.9 Å². The Balaban J connectivity index is 1.91. The lowest BCUT2D eigenvalue weighted by Crippen LogP contribution is -2.41. The van der Waals surface area contributed by atoms with Crippen LogP contribution in [0.5, 0.6) is 0 Å². The number of ether oxygens (including phenoxy) is 2. The zero-order valence-electron chi connectivity index (χ0n) is 19.2. The van der Waals surface area contributed by atoms with Gasteiger partial charge in [-0.15, -0.1) is 5.10 Å². The highest BCUT2D eigenvalue weighted by Gasteiger charge is 2.31. The van der Waals surface area contributed by atoms with Gasteiger partial charge in [-0.25, -0.2) is 22.6 Å². The second-order valence-corrected chi connectivity index (χ2v) is 9.83. The summed E-state index contributed by atoms with van der Waals surface area (Å²) in [4.78, 5) is 15.9. The molecule has 3 aromatic rings. The Morgan fingerprint density at radius 2 is 1.89 bits per heavy atom. The summed E-state index contributed by atoms with van der Waals surface area (Å²) in [6.07, 6.45) is 1.25. The summed E-state index contributed by atoms with van der Waals surface area (Å²) in [5.41, 5.74) is -1.04. The Morgan fingerprint density at radius 1 is 1.19 bits per heavy atom. The van der Waals surface area contributed by atoms with Gasteiger partial charge in [0.15, 0.2) is 17.5 Å². The molecule has 0 aliphatic carbocycles. The van der Waals surface area contributed by atoms with Gasteiger partial charge in [-0.05, 0) is 41.1 Å². The van der Waals surface area contributed by atoms with Crippen molar-refractivity contribution in [3.8, 4) is 11.3 Å². The number of nitrogens with zero attached hydrogens (tertiary/aromatic N) is 4. The van der Waals surface area contributed by atoms with Crippen LogP contribution in [0.15, 0.2) is 46.2 Å². The first-order valence-corrected chi connectivity index (χ1v) is 12.3. The molecule has 4 atom stereocenters. The number of carboxylic acid groups (broad SMARTS) is 1. The second-order valence-electron chi connectivity index (χ2n) is 7.75. The maximum absolute atomic E-state index is 13.7. The highest BCUT2D eigenvalue weighted by molar-refractivity contribution is 9.10. The largest absolute Gasteiger partial charge is 0.480 e. The normalized spacial score (nSPS) is 14.8. The van der Waals surface area contributed by atoms with E-state index in [0.29, 0.717) is 9.37 Å². The first-order valence-electron chi connectivity index (χ1n) is 10.7. The van der Waals surface area contributed by atoms with Gasteiger partial charge >= 0.3 is 5.97 Å². The molecule has 2 aromatic heterocycles. The van der Waals surface area contributed by atoms with E-state index >= 15 is 0 Å². The molecule has 0 radical (unpaired) electrons. The van der Waals surface area contributed by atoms with Gasteiger partial charge in [-0.3, -0.25) is 4.98 Å². The lowest BCUT2D eigenvalue weighted by atomic mass is 10.1. The number of aromatic nitrogens is 4. The fourth-order valence-electron chi connectivity index (χ4n) is 3.07. The molecule has 0 saturated heterocycles. The number of carboxylic acids is 1. The molecule has 0 aliphatic rings. The molecule has 37 heavy (non-hydrogen) atoms. The van der Waals surface area contributed by atoms with Gasteiger partial charge in [0.2, 0.25) is 0 Å². The van der Waals surface area contributed by atoms with Crippen molar-refractivity contribution in [1.29, 1.82) is 0 Å². The van der Waals surface area contributed by atoms with Crippen LogP contribution in [-0.2, 0) is 20.8 Å². The molecule has 2 unspecified atom stereocenters. The fraction of sp³-hybridized carbons (Fsp3) is 0.364. The van der Waals surface area contributed by atoms with Crippen LogP contribution >= 0.6 is 27.7 Å². The van der Waals surface area contributed by atoms with Crippen LogP contribution in [0.1, 0.15) is 6.92 Å². The molecule has 0 spiro atoms. The Hall–Kier alpha value is -2.56. The minimum atomic E-state index is -1.62. The second kappa shape index (κ2) is 13.3. The monoisotopic (exact) mass is 606 g/mol.